The molecule has 2 heteroatoms. The van der Waals surface area contributed by atoms with E-state index in [1.54, 1.807) is 0 Å². The molecule has 0 radical (unpaired) electrons. The van der Waals surface area contributed by atoms with Crippen LogP contribution in [0.15, 0.2) is 11.8 Å². The van der Waals surface area contributed by atoms with E-state index >= 15 is 0 Å². The summed E-state index contributed by atoms with van der Waals surface area (Å²) in [4.78, 5) is 13.7. The molecule has 0 spiro atoms. The van der Waals surface area contributed by atoms with Crippen molar-refractivity contribution < 1.29 is 4.79 Å². The molecule has 0 aromatic rings. The zero-order valence-corrected chi connectivity index (χ0v) is 8.68. The predicted octanol–water partition coefficient (Wildman–Crippen LogP) is 2.36. The highest BCUT2D eigenvalue weighted by atomic mass is 16.1. The molecule has 0 saturated heterocycles. The van der Waals surface area contributed by atoms with Crippen LogP contribution in [0.1, 0.15) is 39.5 Å². The monoisotopic (exact) mass is 181 g/mol. The summed E-state index contributed by atoms with van der Waals surface area (Å²) in [5.74, 6) is 0.359. The molecule has 1 rings (SSSR count). The maximum absolute atomic E-state index is 11.5. The Labute approximate surface area is 80.6 Å². The molecule has 0 bridgehead atoms. The Balaban J connectivity index is 2.61. The molecule has 74 valence electrons. The average Bonchev–Trinajstić information content (AvgIpc) is 2.17. The zero-order chi connectivity index (χ0) is 9.68. The normalized spacial score (nSPS) is 20.8. The molecular weight excluding hydrogens is 162 g/mol. The van der Waals surface area contributed by atoms with Gasteiger partial charge in [-0.1, -0.05) is 0 Å². The number of ketones is 1. The second-order valence-corrected chi connectivity index (χ2v) is 3.51. The number of allylic oxidation sites excluding steroid dienone is 1. The Bertz CT molecular complexity index is 204. The van der Waals surface area contributed by atoms with Gasteiger partial charge in [-0.05, 0) is 33.1 Å². The quantitative estimate of drug-likeness (QED) is 0.623. The van der Waals surface area contributed by atoms with E-state index in [0.29, 0.717) is 5.78 Å². The van der Waals surface area contributed by atoms with Crippen LogP contribution in [0.4, 0.5) is 0 Å². The van der Waals surface area contributed by atoms with Gasteiger partial charge in [0.2, 0.25) is 0 Å². The largest absolute Gasteiger partial charge is 0.378 e. The maximum atomic E-state index is 11.5. The lowest BCUT2D eigenvalue weighted by molar-refractivity contribution is -0.116. The first kappa shape index (κ1) is 10.3. The van der Waals surface area contributed by atoms with Crippen LogP contribution in [0.3, 0.4) is 0 Å². The van der Waals surface area contributed by atoms with E-state index in [1.807, 2.05) is 0 Å². The fourth-order valence-electron chi connectivity index (χ4n) is 1.66. The van der Waals surface area contributed by atoms with E-state index in [1.165, 1.54) is 6.42 Å². The number of carbonyl (C=O) groups is 1. The van der Waals surface area contributed by atoms with Crippen LogP contribution in [0.2, 0.25) is 0 Å². The van der Waals surface area contributed by atoms with Crippen molar-refractivity contribution in [3.8, 4) is 0 Å². The summed E-state index contributed by atoms with van der Waals surface area (Å²) >= 11 is 0. The fourth-order valence-corrected chi connectivity index (χ4v) is 1.66. The van der Waals surface area contributed by atoms with Crippen molar-refractivity contribution in [2.24, 2.45) is 0 Å². The minimum absolute atomic E-state index is 0.359. The second kappa shape index (κ2) is 5.05. The Kier molecular flexibility index (Phi) is 4.00. The molecule has 0 aromatic heterocycles. The highest BCUT2D eigenvalue weighted by Crippen LogP contribution is 2.19. The third-order valence-electron chi connectivity index (χ3n) is 2.61. The van der Waals surface area contributed by atoms with Crippen LogP contribution in [0, 0.1) is 0 Å². The van der Waals surface area contributed by atoms with E-state index in [9.17, 15) is 4.79 Å². The summed E-state index contributed by atoms with van der Waals surface area (Å²) in [6.07, 6.45) is 6.05. The van der Waals surface area contributed by atoms with Crippen LogP contribution in [-0.2, 0) is 4.79 Å². The van der Waals surface area contributed by atoms with Gasteiger partial charge in [-0.2, -0.15) is 0 Å². The number of carbonyl (C=O) groups excluding carboxylic acids is 1. The highest BCUT2D eigenvalue weighted by molar-refractivity contribution is 5.95. The van der Waals surface area contributed by atoms with E-state index in [-0.39, 0.29) is 0 Å². The fraction of sp³-hybridized carbons (Fsp3) is 0.727. The van der Waals surface area contributed by atoms with Crippen molar-refractivity contribution in [2.45, 2.75) is 39.5 Å². The summed E-state index contributed by atoms with van der Waals surface area (Å²) in [5, 5.41) is 0. The third-order valence-corrected chi connectivity index (χ3v) is 2.61. The number of hydrogen-bond donors (Lipinski definition) is 0. The zero-order valence-electron chi connectivity index (χ0n) is 8.68. The number of Topliss-reactive ketones (excluding diaryl/α,β-unsaturated/α-hetero) is 1. The molecule has 1 saturated carbocycles. The minimum atomic E-state index is 0.359. The van der Waals surface area contributed by atoms with Gasteiger partial charge in [0.05, 0.1) is 0 Å². The van der Waals surface area contributed by atoms with Crippen LogP contribution in [-0.4, -0.2) is 23.8 Å². The maximum Gasteiger partial charge on any atom is 0.160 e. The Morgan fingerprint density at radius 3 is 2.38 bits per heavy atom. The smallest absolute Gasteiger partial charge is 0.160 e. The van der Waals surface area contributed by atoms with Gasteiger partial charge in [-0.3, -0.25) is 4.79 Å². The van der Waals surface area contributed by atoms with Crippen molar-refractivity contribution in [1.29, 1.82) is 0 Å². The molecule has 0 heterocycles. The van der Waals surface area contributed by atoms with Gasteiger partial charge in [-0.25, -0.2) is 0 Å². The Hall–Kier alpha value is -0.790. The summed E-state index contributed by atoms with van der Waals surface area (Å²) in [7, 11) is 0. The molecule has 2 nitrogen and oxygen atoms in total. The molecule has 0 amide bonds. The van der Waals surface area contributed by atoms with Crippen LogP contribution < -0.4 is 0 Å². The van der Waals surface area contributed by atoms with Gasteiger partial charge in [0.25, 0.3) is 0 Å². The van der Waals surface area contributed by atoms with E-state index < -0.39 is 0 Å². The summed E-state index contributed by atoms with van der Waals surface area (Å²) in [5.41, 5.74) is 1.04. The lowest BCUT2D eigenvalue weighted by Gasteiger charge is -2.19. The number of rotatable bonds is 3. The van der Waals surface area contributed by atoms with Crippen molar-refractivity contribution in [3.05, 3.63) is 11.8 Å². The molecule has 0 atom stereocenters. The lowest BCUT2D eigenvalue weighted by atomic mass is 9.94. The van der Waals surface area contributed by atoms with Crippen LogP contribution in [0.25, 0.3) is 0 Å². The average molecular weight is 181 g/mol. The molecular formula is C11H19NO. The minimum Gasteiger partial charge on any atom is -0.378 e. The van der Waals surface area contributed by atoms with Gasteiger partial charge in [-0.15, -0.1) is 0 Å². The third kappa shape index (κ3) is 2.87. The van der Waals surface area contributed by atoms with Crippen LogP contribution >= 0.6 is 0 Å². The lowest BCUT2D eigenvalue weighted by Crippen LogP contribution is -2.19. The van der Waals surface area contributed by atoms with Gasteiger partial charge in [0.1, 0.15) is 0 Å². The van der Waals surface area contributed by atoms with Crippen molar-refractivity contribution >= 4 is 5.78 Å². The van der Waals surface area contributed by atoms with E-state index in [2.05, 4.69) is 24.9 Å². The van der Waals surface area contributed by atoms with Gasteiger partial charge < -0.3 is 4.90 Å². The molecule has 1 aliphatic rings. The first-order valence-electron chi connectivity index (χ1n) is 5.25. The topological polar surface area (TPSA) is 20.3 Å². The van der Waals surface area contributed by atoms with E-state index in [4.69, 9.17) is 0 Å². The molecule has 0 aromatic carbocycles. The summed E-state index contributed by atoms with van der Waals surface area (Å²) < 4.78 is 0. The van der Waals surface area contributed by atoms with Gasteiger partial charge in [0, 0.05) is 31.3 Å². The first-order chi connectivity index (χ1) is 6.27. The molecule has 1 fully saturated rings. The molecule has 0 aliphatic heterocycles. The predicted molar refractivity (Wildman–Crippen MR) is 54.5 cm³/mol. The SMILES string of the molecule is CCN(/C=C1/CCCCC1=O)CC. The molecule has 0 unspecified atom stereocenters. The highest BCUT2D eigenvalue weighted by Gasteiger charge is 2.15. The van der Waals surface area contributed by atoms with Gasteiger partial charge in [0.15, 0.2) is 5.78 Å². The molecule has 13 heavy (non-hydrogen) atoms. The van der Waals surface area contributed by atoms with Crippen molar-refractivity contribution in [1.82, 2.24) is 4.90 Å². The first-order valence-corrected chi connectivity index (χ1v) is 5.25. The number of hydrogen-bond acceptors (Lipinski definition) is 2. The molecule has 0 N–H and O–H groups in total. The summed E-state index contributed by atoms with van der Waals surface area (Å²) in [6.45, 7) is 6.22. The number of nitrogens with zero attached hydrogens (tertiary/aromatic N) is 1. The van der Waals surface area contributed by atoms with Crippen LogP contribution in [0.5, 0.6) is 0 Å². The van der Waals surface area contributed by atoms with Crippen molar-refractivity contribution in [3.63, 3.8) is 0 Å². The van der Waals surface area contributed by atoms with Gasteiger partial charge >= 0.3 is 0 Å². The van der Waals surface area contributed by atoms with E-state index in [0.717, 1.165) is 37.9 Å². The van der Waals surface area contributed by atoms with Crippen molar-refractivity contribution in [2.75, 3.05) is 13.1 Å². The Morgan fingerprint density at radius 2 is 1.85 bits per heavy atom. The standard InChI is InChI=1S/C11H19NO/c1-3-12(4-2)9-10-7-5-6-8-11(10)13/h9H,3-8H2,1-2H3/b10-9-. The molecule has 1 aliphatic carbocycles. The second-order valence-electron chi connectivity index (χ2n) is 3.51. The summed E-state index contributed by atoms with van der Waals surface area (Å²) in [6, 6.07) is 0. The Morgan fingerprint density at radius 1 is 1.23 bits per heavy atom.